The standard InChI is InChI=1S/C12H13N7/c1-3-19-11(8-4-14-7(2)15-5-8)18-9-10(13)16-6-17-12(9)19/h4-6H,3H2,1-2H3,(H2,13,16,17). The first-order valence-corrected chi connectivity index (χ1v) is 5.96. The third-order valence-electron chi connectivity index (χ3n) is 2.92. The third kappa shape index (κ3) is 1.79. The van der Waals surface area contributed by atoms with E-state index in [4.69, 9.17) is 5.73 Å². The van der Waals surface area contributed by atoms with Gasteiger partial charge in [-0.05, 0) is 13.8 Å². The van der Waals surface area contributed by atoms with E-state index in [0.717, 1.165) is 29.4 Å². The molecule has 3 rings (SSSR count). The molecule has 0 saturated heterocycles. The first-order chi connectivity index (χ1) is 9.20. The summed E-state index contributed by atoms with van der Waals surface area (Å²) in [6.07, 6.45) is 4.94. The number of anilines is 1. The predicted molar refractivity (Wildman–Crippen MR) is 71.2 cm³/mol. The van der Waals surface area contributed by atoms with E-state index in [0.29, 0.717) is 11.3 Å². The van der Waals surface area contributed by atoms with Crippen molar-refractivity contribution in [1.29, 1.82) is 0 Å². The molecule has 7 nitrogen and oxygen atoms in total. The average molecular weight is 255 g/mol. The molecule has 0 radical (unpaired) electrons. The molecular formula is C12H13N7. The van der Waals surface area contributed by atoms with Gasteiger partial charge in [0.15, 0.2) is 17.0 Å². The van der Waals surface area contributed by atoms with Crippen molar-refractivity contribution in [3.05, 3.63) is 24.5 Å². The van der Waals surface area contributed by atoms with Crippen LogP contribution in [-0.4, -0.2) is 29.5 Å². The van der Waals surface area contributed by atoms with E-state index < -0.39 is 0 Å². The van der Waals surface area contributed by atoms with Crippen LogP contribution in [0.2, 0.25) is 0 Å². The Morgan fingerprint density at radius 2 is 1.89 bits per heavy atom. The summed E-state index contributed by atoms with van der Waals surface area (Å²) in [5.74, 6) is 1.86. The number of hydrogen-bond donors (Lipinski definition) is 1. The van der Waals surface area contributed by atoms with Crippen molar-refractivity contribution in [3.8, 4) is 11.4 Å². The minimum Gasteiger partial charge on any atom is -0.382 e. The van der Waals surface area contributed by atoms with Gasteiger partial charge in [0.25, 0.3) is 0 Å². The summed E-state index contributed by atoms with van der Waals surface area (Å²) >= 11 is 0. The molecule has 0 atom stereocenters. The number of hydrogen-bond acceptors (Lipinski definition) is 6. The van der Waals surface area contributed by atoms with Crippen LogP contribution in [0, 0.1) is 6.92 Å². The highest BCUT2D eigenvalue weighted by molar-refractivity contribution is 5.85. The van der Waals surface area contributed by atoms with Crippen LogP contribution in [-0.2, 0) is 6.54 Å². The zero-order valence-corrected chi connectivity index (χ0v) is 10.7. The predicted octanol–water partition coefficient (Wildman–Crippen LogP) is 1.19. The molecule has 19 heavy (non-hydrogen) atoms. The van der Waals surface area contributed by atoms with Crippen LogP contribution in [0.5, 0.6) is 0 Å². The van der Waals surface area contributed by atoms with Crippen LogP contribution in [0.4, 0.5) is 5.82 Å². The molecule has 0 amide bonds. The highest BCUT2D eigenvalue weighted by Crippen LogP contribution is 2.24. The molecule has 3 heterocycles. The zero-order chi connectivity index (χ0) is 13.4. The maximum atomic E-state index is 5.84. The number of nitrogens with two attached hydrogens (primary N) is 1. The van der Waals surface area contributed by atoms with Crippen molar-refractivity contribution in [1.82, 2.24) is 29.5 Å². The van der Waals surface area contributed by atoms with Gasteiger partial charge in [0.1, 0.15) is 18.0 Å². The summed E-state index contributed by atoms with van der Waals surface area (Å²) in [6, 6.07) is 0. The lowest BCUT2D eigenvalue weighted by Crippen LogP contribution is -2.00. The van der Waals surface area contributed by atoms with Crippen LogP contribution in [0.3, 0.4) is 0 Å². The van der Waals surface area contributed by atoms with Gasteiger partial charge in [0.2, 0.25) is 0 Å². The van der Waals surface area contributed by atoms with E-state index in [2.05, 4.69) is 24.9 Å². The molecule has 3 aromatic heterocycles. The summed E-state index contributed by atoms with van der Waals surface area (Å²) in [5.41, 5.74) is 8.01. The summed E-state index contributed by atoms with van der Waals surface area (Å²) in [4.78, 5) is 21.1. The van der Waals surface area contributed by atoms with Gasteiger partial charge < -0.3 is 10.3 Å². The molecule has 0 fully saturated rings. The molecule has 0 spiro atoms. The highest BCUT2D eigenvalue weighted by Gasteiger charge is 2.15. The molecule has 3 aromatic rings. The van der Waals surface area contributed by atoms with Crippen molar-refractivity contribution < 1.29 is 0 Å². The Kier molecular flexibility index (Phi) is 2.59. The molecule has 0 unspecified atom stereocenters. The minimum absolute atomic E-state index is 0.381. The van der Waals surface area contributed by atoms with Crippen LogP contribution in [0.25, 0.3) is 22.6 Å². The Balaban J connectivity index is 2.29. The molecule has 0 bridgehead atoms. The van der Waals surface area contributed by atoms with Gasteiger partial charge in [-0.1, -0.05) is 0 Å². The topological polar surface area (TPSA) is 95.4 Å². The number of rotatable bonds is 2. The summed E-state index contributed by atoms with van der Waals surface area (Å²) in [7, 11) is 0. The largest absolute Gasteiger partial charge is 0.382 e. The van der Waals surface area contributed by atoms with E-state index >= 15 is 0 Å². The van der Waals surface area contributed by atoms with Crippen molar-refractivity contribution in [2.75, 3.05) is 5.73 Å². The van der Waals surface area contributed by atoms with Gasteiger partial charge in [-0.3, -0.25) is 0 Å². The summed E-state index contributed by atoms with van der Waals surface area (Å²) < 4.78 is 1.97. The lowest BCUT2D eigenvalue weighted by atomic mass is 10.3. The second-order valence-corrected chi connectivity index (χ2v) is 4.13. The lowest BCUT2D eigenvalue weighted by Gasteiger charge is -2.04. The van der Waals surface area contributed by atoms with Gasteiger partial charge in [-0.25, -0.2) is 24.9 Å². The smallest absolute Gasteiger partial charge is 0.165 e. The Morgan fingerprint density at radius 3 is 2.58 bits per heavy atom. The summed E-state index contributed by atoms with van der Waals surface area (Å²) in [5, 5.41) is 0. The van der Waals surface area contributed by atoms with E-state index in [9.17, 15) is 0 Å². The Morgan fingerprint density at radius 1 is 1.16 bits per heavy atom. The second-order valence-electron chi connectivity index (χ2n) is 4.13. The Labute approximate surface area is 109 Å². The number of fused-ring (bicyclic) bond motifs is 1. The average Bonchev–Trinajstić information content (AvgIpc) is 2.79. The lowest BCUT2D eigenvalue weighted by molar-refractivity contribution is 0.785. The van der Waals surface area contributed by atoms with Crippen LogP contribution < -0.4 is 5.73 Å². The monoisotopic (exact) mass is 255 g/mol. The van der Waals surface area contributed by atoms with Crippen molar-refractivity contribution in [2.45, 2.75) is 20.4 Å². The van der Waals surface area contributed by atoms with E-state index in [1.807, 2.05) is 18.4 Å². The quantitative estimate of drug-likeness (QED) is 0.739. The van der Waals surface area contributed by atoms with E-state index in [-0.39, 0.29) is 0 Å². The number of nitrogen functional groups attached to an aromatic ring is 1. The third-order valence-corrected chi connectivity index (χ3v) is 2.92. The van der Waals surface area contributed by atoms with Crippen molar-refractivity contribution >= 4 is 17.0 Å². The van der Waals surface area contributed by atoms with Crippen molar-refractivity contribution in [3.63, 3.8) is 0 Å². The van der Waals surface area contributed by atoms with Gasteiger partial charge in [-0.2, -0.15) is 0 Å². The molecule has 0 aliphatic rings. The van der Waals surface area contributed by atoms with Gasteiger partial charge in [0.05, 0.1) is 5.56 Å². The fourth-order valence-corrected chi connectivity index (χ4v) is 1.98. The first kappa shape index (κ1) is 11.5. The van der Waals surface area contributed by atoms with Gasteiger partial charge in [0, 0.05) is 18.9 Å². The number of aromatic nitrogens is 6. The first-order valence-electron chi connectivity index (χ1n) is 5.96. The van der Waals surface area contributed by atoms with Crippen LogP contribution in [0.15, 0.2) is 18.7 Å². The maximum Gasteiger partial charge on any atom is 0.165 e. The number of aryl methyl sites for hydroxylation is 2. The molecule has 96 valence electrons. The van der Waals surface area contributed by atoms with Gasteiger partial charge >= 0.3 is 0 Å². The second kappa shape index (κ2) is 4.27. The molecular weight excluding hydrogens is 242 g/mol. The molecule has 0 aromatic carbocycles. The number of imidazole rings is 1. The van der Waals surface area contributed by atoms with Crippen molar-refractivity contribution in [2.24, 2.45) is 0 Å². The molecule has 2 N–H and O–H groups in total. The fraction of sp³-hybridized carbons (Fsp3) is 0.250. The molecule has 0 aliphatic carbocycles. The molecule has 0 aliphatic heterocycles. The Bertz CT molecular complexity index is 730. The fourth-order valence-electron chi connectivity index (χ4n) is 1.98. The van der Waals surface area contributed by atoms with E-state index in [1.165, 1.54) is 6.33 Å². The molecule has 0 saturated carbocycles. The van der Waals surface area contributed by atoms with E-state index in [1.54, 1.807) is 12.4 Å². The SMILES string of the molecule is CCn1c(-c2cnc(C)nc2)nc2c(N)ncnc21. The molecule has 7 heteroatoms. The zero-order valence-electron chi connectivity index (χ0n) is 10.7. The minimum atomic E-state index is 0.381. The van der Waals surface area contributed by atoms with Gasteiger partial charge in [-0.15, -0.1) is 0 Å². The highest BCUT2D eigenvalue weighted by atomic mass is 15.2. The normalized spacial score (nSPS) is 11.1. The van der Waals surface area contributed by atoms with Crippen LogP contribution in [0.1, 0.15) is 12.7 Å². The number of nitrogens with zero attached hydrogens (tertiary/aromatic N) is 6. The maximum absolute atomic E-state index is 5.84. The Hall–Kier alpha value is -2.57. The van der Waals surface area contributed by atoms with Crippen LogP contribution >= 0.6 is 0 Å². The summed E-state index contributed by atoms with van der Waals surface area (Å²) in [6.45, 7) is 4.60.